The first kappa shape index (κ1) is 10.0. The van der Waals surface area contributed by atoms with Crippen molar-refractivity contribution in [2.24, 2.45) is 0 Å². The van der Waals surface area contributed by atoms with Gasteiger partial charge >= 0.3 is 0 Å². The molecule has 1 N–H and O–H groups in total. The predicted octanol–water partition coefficient (Wildman–Crippen LogP) is -1.27. The summed E-state index contributed by atoms with van der Waals surface area (Å²) in [5.74, 6) is 0. The first-order valence-electron chi connectivity index (χ1n) is 4.02. The maximum absolute atomic E-state index is 3.61. The van der Waals surface area contributed by atoms with E-state index >= 15 is 0 Å². The van der Waals surface area contributed by atoms with E-state index in [1.54, 1.807) is 0 Å². The number of quaternary nitrogens is 1. The molecule has 2 nitrogen and oxygen atoms in total. The Morgan fingerprint density at radius 1 is 1.20 bits per heavy atom. The van der Waals surface area contributed by atoms with Gasteiger partial charge in [0.1, 0.15) is 0 Å². The van der Waals surface area contributed by atoms with Gasteiger partial charge in [0, 0.05) is 19.6 Å². The Balaban J connectivity index is 3.87. The molecule has 62 valence electrons. The highest BCUT2D eigenvalue weighted by molar-refractivity contribution is 6.35. The first-order chi connectivity index (χ1) is 4.74. The molecule has 0 rings (SSSR count). The normalized spacial score (nSPS) is 12.0. The molecule has 0 aromatic carbocycles. The highest BCUT2D eigenvalue weighted by Crippen LogP contribution is 2.00. The molecule has 0 aromatic heterocycles. The summed E-state index contributed by atoms with van der Waals surface area (Å²) < 4.78 is 1.38. The lowest BCUT2D eigenvalue weighted by Gasteiger charge is -2.46. The summed E-state index contributed by atoms with van der Waals surface area (Å²) in [5.41, 5.74) is 0. The van der Waals surface area contributed by atoms with E-state index in [0.717, 1.165) is 0 Å². The lowest BCUT2D eigenvalue weighted by Crippen LogP contribution is -2.55. The van der Waals surface area contributed by atoms with Crippen LogP contribution in [0, 0.1) is 0 Å². The van der Waals surface area contributed by atoms with Gasteiger partial charge in [0.15, 0.2) is 0 Å². The van der Waals surface area contributed by atoms with Crippen LogP contribution < -0.4 is 5.14 Å². The fourth-order valence-electron chi connectivity index (χ4n) is 1.15. The van der Waals surface area contributed by atoms with Crippen LogP contribution in [0.25, 0.3) is 0 Å². The van der Waals surface area contributed by atoms with E-state index in [1.807, 2.05) is 0 Å². The predicted molar refractivity (Wildman–Crippen MR) is 53.5 cm³/mol. The van der Waals surface area contributed by atoms with Gasteiger partial charge in [0.2, 0.25) is 7.55 Å². The van der Waals surface area contributed by atoms with E-state index in [4.69, 9.17) is 0 Å². The summed E-state index contributed by atoms with van der Waals surface area (Å²) in [6.07, 6.45) is 0. The van der Waals surface area contributed by atoms with Gasteiger partial charge in [-0.1, -0.05) is 0 Å². The van der Waals surface area contributed by atoms with Gasteiger partial charge in [-0.15, -0.1) is 0 Å². The zero-order valence-electron chi connectivity index (χ0n) is 7.07. The molecule has 0 bridgehead atoms. The molecule has 10 heavy (non-hydrogen) atoms. The summed E-state index contributed by atoms with van der Waals surface area (Å²) in [6.45, 7) is 10.9. The maximum atomic E-state index is 3.61. The average Bonchev–Trinajstić information content (AvgIpc) is 2.01. The molecule has 0 saturated heterocycles. The topological polar surface area (TPSA) is 12.0 Å². The lowest BCUT2D eigenvalue weighted by molar-refractivity contribution is -0.817. The molecule has 0 atom stereocenters. The molecule has 0 aliphatic carbocycles. The third-order valence-electron chi connectivity index (χ3n) is 2.76. The van der Waals surface area contributed by atoms with Gasteiger partial charge in [-0.2, -0.15) is 0 Å². The second-order valence-electron chi connectivity index (χ2n) is 2.79. The minimum absolute atomic E-state index is 0.146. The number of rotatable bonds is 5. The largest absolute Gasteiger partial charge is 0.627 e. The molecular weight excluding hydrogens is 122 g/mol. The van der Waals surface area contributed by atoms with E-state index in [9.17, 15) is 0 Å². The SMILES string of the molecule is [BH3-]N[BH2-][N+](CC)(CC)CC. The molecule has 0 aliphatic heterocycles. The van der Waals surface area contributed by atoms with Crippen molar-refractivity contribution in [3.05, 3.63) is 0 Å². The lowest BCUT2D eigenvalue weighted by atomic mass is 9.98. The highest BCUT2D eigenvalue weighted by Gasteiger charge is 2.09. The molecule has 0 fully saturated rings. The Morgan fingerprint density at radius 2 is 1.60 bits per heavy atom. The smallest absolute Gasteiger partial charge is 0.214 e. The van der Waals surface area contributed by atoms with Crippen LogP contribution in [0.5, 0.6) is 0 Å². The molecule has 0 aromatic rings. The number of hydrogen-bond acceptors (Lipinski definition) is 1. The summed E-state index contributed by atoms with van der Waals surface area (Å²) in [7, 11) is 0.596. The Morgan fingerprint density at radius 3 is 1.70 bits per heavy atom. The monoisotopic (exact) mass is 143 g/mol. The fraction of sp³-hybridized carbons (Fsp3) is 1.00. The van der Waals surface area contributed by atoms with Gasteiger partial charge in [0.05, 0.1) is 0 Å². The van der Waals surface area contributed by atoms with E-state index in [2.05, 4.69) is 25.9 Å². The Labute approximate surface area is 66.3 Å². The molecule has 0 unspecified atom stereocenters. The second-order valence-corrected chi connectivity index (χ2v) is 2.79. The minimum atomic E-state index is 0.146. The number of nitrogens with one attached hydrogen (secondary N) is 1. The molecule has 0 amide bonds. The summed E-state index contributed by atoms with van der Waals surface area (Å²) in [6, 6.07) is 0. The zero-order chi connectivity index (χ0) is 8.04. The van der Waals surface area contributed by atoms with E-state index in [1.165, 1.54) is 24.0 Å². The Bertz CT molecular complexity index is 75.6. The van der Waals surface area contributed by atoms with Crippen LogP contribution in [0.1, 0.15) is 20.8 Å². The van der Waals surface area contributed by atoms with E-state index in [0.29, 0.717) is 7.98 Å². The van der Waals surface area contributed by atoms with Crippen LogP contribution in [0.3, 0.4) is 0 Å². The van der Waals surface area contributed by atoms with Gasteiger partial charge in [-0.25, -0.2) is 0 Å². The van der Waals surface area contributed by atoms with Gasteiger partial charge in [-0.3, -0.25) is 0 Å². The van der Waals surface area contributed by atoms with Crippen molar-refractivity contribution in [3.8, 4) is 0 Å². The highest BCUT2D eigenvalue weighted by atomic mass is 15.3. The summed E-state index contributed by atoms with van der Waals surface area (Å²) in [5, 5.41) is 3.61. The van der Waals surface area contributed by atoms with Crippen LogP contribution in [-0.4, -0.2) is 39.6 Å². The van der Waals surface area contributed by atoms with Crippen molar-refractivity contribution in [2.45, 2.75) is 20.8 Å². The van der Waals surface area contributed by atoms with Crippen LogP contribution in [0.15, 0.2) is 0 Å². The van der Waals surface area contributed by atoms with Crippen molar-refractivity contribution in [1.29, 1.82) is 0 Å². The number of hydrogen-bond donors (Lipinski definition) is 1. The first-order valence-corrected chi connectivity index (χ1v) is 4.02. The fourth-order valence-corrected chi connectivity index (χ4v) is 1.15. The van der Waals surface area contributed by atoms with Crippen LogP contribution in [0.4, 0.5) is 0 Å². The number of nitrogens with zero attached hydrogens (tertiary/aromatic N) is 1. The van der Waals surface area contributed by atoms with Crippen molar-refractivity contribution < 1.29 is 4.39 Å². The Kier molecular flexibility index (Phi) is 4.83. The quantitative estimate of drug-likeness (QED) is 0.473. The molecule has 4 heteroatoms. The van der Waals surface area contributed by atoms with Crippen molar-refractivity contribution in [3.63, 3.8) is 0 Å². The van der Waals surface area contributed by atoms with Gasteiger partial charge in [0.25, 0.3) is 0 Å². The van der Waals surface area contributed by atoms with Crippen molar-refractivity contribution in [1.82, 2.24) is 5.14 Å². The van der Waals surface area contributed by atoms with Crippen LogP contribution in [-0.2, 0) is 0 Å². The zero-order valence-corrected chi connectivity index (χ0v) is 7.07. The molecule has 0 aliphatic rings. The standard InChI is InChI=1S/C6H21B2N2/c1-4-10(5-2,6-3)8-9-7/h9H,4-6,8H2,1-3,7H3/q-1. The van der Waals surface area contributed by atoms with Crippen molar-refractivity contribution >= 4 is 15.5 Å². The molecule has 0 radical (unpaired) electrons. The van der Waals surface area contributed by atoms with Crippen LogP contribution in [0.2, 0.25) is 0 Å². The minimum Gasteiger partial charge on any atom is -0.627 e. The second kappa shape index (κ2) is 4.80. The van der Waals surface area contributed by atoms with Gasteiger partial charge < -0.3 is 9.53 Å². The third-order valence-corrected chi connectivity index (χ3v) is 2.76. The van der Waals surface area contributed by atoms with Crippen molar-refractivity contribution in [2.75, 3.05) is 19.6 Å². The van der Waals surface area contributed by atoms with Gasteiger partial charge in [-0.05, 0) is 28.8 Å². The van der Waals surface area contributed by atoms with E-state index in [-0.39, 0.29) is 7.55 Å². The van der Waals surface area contributed by atoms with E-state index < -0.39 is 0 Å². The maximum Gasteiger partial charge on any atom is 0.214 e. The Hall–Kier alpha value is 0.0499. The third kappa shape index (κ3) is 2.35. The molecule has 0 heterocycles. The summed E-state index contributed by atoms with van der Waals surface area (Å²) in [4.78, 5) is 0. The molecule has 0 saturated carbocycles. The molecular formula is C6H21B2N2-. The average molecular weight is 143 g/mol. The molecule has 0 spiro atoms. The van der Waals surface area contributed by atoms with Crippen LogP contribution >= 0.6 is 0 Å². The summed E-state index contributed by atoms with van der Waals surface area (Å²) >= 11 is 0.